The van der Waals surface area contributed by atoms with Crippen LogP contribution in [0.4, 0.5) is 4.39 Å². The third-order valence-corrected chi connectivity index (χ3v) is 2.98. The van der Waals surface area contributed by atoms with Crippen molar-refractivity contribution in [2.45, 2.75) is 0 Å². The molecular formula is C9H4ClFINO. The second kappa shape index (κ2) is 4.71. The first-order valence-electron chi connectivity index (χ1n) is 3.58. The maximum Gasteiger partial charge on any atom is 0.178 e. The van der Waals surface area contributed by atoms with Gasteiger partial charge in [0, 0.05) is 9.13 Å². The number of ketones is 1. The van der Waals surface area contributed by atoms with Gasteiger partial charge < -0.3 is 0 Å². The second-order valence-corrected chi connectivity index (χ2v) is 3.83. The van der Waals surface area contributed by atoms with Crippen LogP contribution in [0.3, 0.4) is 0 Å². The molecule has 0 N–H and O–H groups in total. The highest BCUT2D eigenvalue weighted by atomic mass is 127. The van der Waals surface area contributed by atoms with Crippen LogP contribution in [0, 0.1) is 20.7 Å². The fourth-order valence-electron chi connectivity index (χ4n) is 0.945. The lowest BCUT2D eigenvalue weighted by Gasteiger charge is -2.03. The molecule has 1 aromatic rings. The Bertz CT molecular complexity index is 428. The van der Waals surface area contributed by atoms with Crippen molar-refractivity contribution >= 4 is 40.0 Å². The van der Waals surface area contributed by atoms with Crippen LogP contribution in [0.15, 0.2) is 12.1 Å². The SMILES string of the molecule is N#Cc1cc(F)cc(C(=O)CCl)c1I. The van der Waals surface area contributed by atoms with Gasteiger partial charge in [-0.15, -0.1) is 11.6 Å². The van der Waals surface area contributed by atoms with E-state index in [2.05, 4.69) is 0 Å². The largest absolute Gasteiger partial charge is 0.293 e. The molecule has 5 heteroatoms. The van der Waals surface area contributed by atoms with Gasteiger partial charge in [-0.05, 0) is 34.7 Å². The van der Waals surface area contributed by atoms with Crippen molar-refractivity contribution in [2.24, 2.45) is 0 Å². The standard InChI is InChI=1S/C9H4ClFINO/c10-3-8(14)7-2-6(11)1-5(4-13)9(7)12/h1-2H,3H2. The lowest BCUT2D eigenvalue weighted by atomic mass is 10.1. The minimum absolute atomic E-state index is 0.152. The maximum atomic E-state index is 12.9. The van der Waals surface area contributed by atoms with Crippen LogP contribution in [0.1, 0.15) is 15.9 Å². The van der Waals surface area contributed by atoms with Crippen LogP contribution in [0.5, 0.6) is 0 Å². The fourth-order valence-corrected chi connectivity index (χ4v) is 1.82. The van der Waals surface area contributed by atoms with E-state index in [0.29, 0.717) is 3.57 Å². The summed E-state index contributed by atoms with van der Waals surface area (Å²) in [5.41, 5.74) is 0.316. The molecule has 0 spiro atoms. The molecule has 0 radical (unpaired) electrons. The van der Waals surface area contributed by atoms with Gasteiger partial charge in [-0.25, -0.2) is 4.39 Å². The highest BCUT2D eigenvalue weighted by molar-refractivity contribution is 14.1. The predicted octanol–water partition coefficient (Wildman–Crippen LogP) is 2.72. The number of halogens is 3. The van der Waals surface area contributed by atoms with Crippen molar-refractivity contribution in [1.29, 1.82) is 5.26 Å². The summed E-state index contributed by atoms with van der Waals surface area (Å²) in [5, 5.41) is 8.66. The van der Waals surface area contributed by atoms with Crippen LogP contribution in [-0.4, -0.2) is 11.7 Å². The van der Waals surface area contributed by atoms with Crippen LogP contribution in [0.2, 0.25) is 0 Å². The summed E-state index contributed by atoms with van der Waals surface area (Å²) in [6.45, 7) is 0. The first-order chi connectivity index (χ1) is 6.60. The third kappa shape index (κ3) is 2.22. The van der Waals surface area contributed by atoms with E-state index < -0.39 is 5.82 Å². The van der Waals surface area contributed by atoms with Crippen molar-refractivity contribution in [2.75, 3.05) is 5.88 Å². The number of nitrogens with zero attached hydrogens (tertiary/aromatic N) is 1. The number of Topliss-reactive ketones (excluding diaryl/α,β-unsaturated/α-hetero) is 1. The summed E-state index contributed by atoms with van der Waals surface area (Å²) >= 11 is 7.18. The van der Waals surface area contributed by atoms with E-state index in [0.717, 1.165) is 12.1 Å². The smallest absolute Gasteiger partial charge is 0.178 e. The molecule has 0 bridgehead atoms. The Labute approximate surface area is 98.8 Å². The zero-order chi connectivity index (χ0) is 10.7. The number of carbonyl (C=O) groups excluding carboxylic acids is 1. The average Bonchev–Trinajstić information content (AvgIpc) is 2.19. The van der Waals surface area contributed by atoms with E-state index in [1.807, 2.05) is 28.7 Å². The monoisotopic (exact) mass is 323 g/mol. The summed E-state index contributed by atoms with van der Waals surface area (Å²) in [5.74, 6) is -1.20. The molecule has 0 saturated carbocycles. The molecule has 0 unspecified atom stereocenters. The molecule has 72 valence electrons. The van der Waals surface area contributed by atoms with Crippen LogP contribution in [0.25, 0.3) is 0 Å². The Morgan fingerprint density at radius 3 is 2.79 bits per heavy atom. The molecule has 0 amide bonds. The number of nitriles is 1. The predicted molar refractivity (Wildman–Crippen MR) is 58.9 cm³/mol. The number of hydrogen-bond donors (Lipinski definition) is 0. The van der Waals surface area contributed by atoms with E-state index in [9.17, 15) is 9.18 Å². The fraction of sp³-hybridized carbons (Fsp3) is 0.111. The molecule has 14 heavy (non-hydrogen) atoms. The molecule has 1 rings (SSSR count). The van der Waals surface area contributed by atoms with Gasteiger partial charge in [-0.2, -0.15) is 5.26 Å². The summed E-state index contributed by atoms with van der Waals surface area (Å²) in [7, 11) is 0. The molecule has 0 aromatic heterocycles. The van der Waals surface area contributed by atoms with E-state index in [4.69, 9.17) is 16.9 Å². The van der Waals surface area contributed by atoms with Crippen molar-refractivity contribution in [3.63, 3.8) is 0 Å². The Morgan fingerprint density at radius 2 is 2.29 bits per heavy atom. The molecule has 0 saturated heterocycles. The molecule has 0 heterocycles. The van der Waals surface area contributed by atoms with Gasteiger partial charge in [-0.3, -0.25) is 4.79 Å². The summed E-state index contributed by atoms with van der Waals surface area (Å²) < 4.78 is 13.4. The summed E-state index contributed by atoms with van der Waals surface area (Å²) in [6, 6.07) is 3.99. The Hall–Kier alpha value is -0.670. The van der Waals surface area contributed by atoms with Gasteiger partial charge in [-0.1, -0.05) is 0 Å². The van der Waals surface area contributed by atoms with Crippen LogP contribution in [-0.2, 0) is 0 Å². The van der Waals surface area contributed by atoms with Gasteiger partial charge in [0.25, 0.3) is 0 Å². The summed E-state index contributed by atoms with van der Waals surface area (Å²) in [6.07, 6.45) is 0. The highest BCUT2D eigenvalue weighted by Crippen LogP contribution is 2.19. The lowest BCUT2D eigenvalue weighted by Crippen LogP contribution is -2.05. The van der Waals surface area contributed by atoms with Gasteiger partial charge in [0.1, 0.15) is 11.9 Å². The minimum atomic E-state index is -0.601. The first kappa shape index (κ1) is 11.4. The Kier molecular flexibility index (Phi) is 3.84. The quantitative estimate of drug-likeness (QED) is 0.477. The molecular weight excluding hydrogens is 319 g/mol. The maximum absolute atomic E-state index is 12.9. The molecule has 0 fully saturated rings. The van der Waals surface area contributed by atoms with Gasteiger partial charge >= 0.3 is 0 Å². The number of benzene rings is 1. The number of hydrogen-bond acceptors (Lipinski definition) is 2. The Balaban J connectivity index is 3.38. The minimum Gasteiger partial charge on any atom is -0.293 e. The number of rotatable bonds is 2. The number of carbonyl (C=O) groups is 1. The van der Waals surface area contributed by atoms with Crippen LogP contribution >= 0.6 is 34.2 Å². The van der Waals surface area contributed by atoms with Crippen molar-refractivity contribution in [3.8, 4) is 6.07 Å². The van der Waals surface area contributed by atoms with Crippen molar-refractivity contribution in [1.82, 2.24) is 0 Å². The van der Waals surface area contributed by atoms with Gasteiger partial charge in [0.15, 0.2) is 5.78 Å². The molecule has 0 aliphatic carbocycles. The van der Waals surface area contributed by atoms with E-state index in [1.165, 1.54) is 0 Å². The second-order valence-electron chi connectivity index (χ2n) is 2.48. The van der Waals surface area contributed by atoms with E-state index >= 15 is 0 Å². The zero-order valence-electron chi connectivity index (χ0n) is 6.85. The zero-order valence-corrected chi connectivity index (χ0v) is 9.76. The number of alkyl halides is 1. The van der Waals surface area contributed by atoms with E-state index in [-0.39, 0.29) is 22.8 Å². The lowest BCUT2D eigenvalue weighted by molar-refractivity contribution is 0.101. The first-order valence-corrected chi connectivity index (χ1v) is 5.19. The average molecular weight is 323 g/mol. The van der Waals surface area contributed by atoms with Crippen LogP contribution < -0.4 is 0 Å². The normalized spacial score (nSPS) is 9.57. The molecule has 2 nitrogen and oxygen atoms in total. The summed E-state index contributed by atoms with van der Waals surface area (Å²) in [4.78, 5) is 11.2. The third-order valence-electron chi connectivity index (χ3n) is 1.58. The van der Waals surface area contributed by atoms with Gasteiger partial charge in [0.2, 0.25) is 0 Å². The molecule has 0 atom stereocenters. The molecule has 0 aliphatic heterocycles. The van der Waals surface area contributed by atoms with E-state index in [1.54, 1.807) is 0 Å². The molecule has 1 aromatic carbocycles. The highest BCUT2D eigenvalue weighted by Gasteiger charge is 2.14. The topological polar surface area (TPSA) is 40.9 Å². The van der Waals surface area contributed by atoms with Crippen molar-refractivity contribution < 1.29 is 9.18 Å². The Morgan fingerprint density at radius 1 is 1.64 bits per heavy atom. The van der Waals surface area contributed by atoms with Gasteiger partial charge in [0.05, 0.1) is 11.4 Å². The van der Waals surface area contributed by atoms with Crippen molar-refractivity contribution in [3.05, 3.63) is 32.6 Å². The molecule has 0 aliphatic rings.